The van der Waals surface area contributed by atoms with E-state index < -0.39 is 5.41 Å². The van der Waals surface area contributed by atoms with Crippen molar-refractivity contribution in [3.63, 3.8) is 0 Å². The largest absolute Gasteiger partial charge is 0.310 e. The Bertz CT molecular complexity index is 3890. The van der Waals surface area contributed by atoms with E-state index in [1.807, 2.05) is 0 Å². The van der Waals surface area contributed by atoms with Crippen LogP contribution in [0.25, 0.3) is 88.0 Å². The van der Waals surface area contributed by atoms with Crippen LogP contribution in [0, 0.1) is 0 Å². The normalized spacial score (nSPS) is 13.9. The SMILES string of the molecule is CC1(c2ccccc2)c2ccccc2-c2cccc(N(c3cccc(-c4ccc5c(c4)c(-c4ccccc4)c(-c4ccccc4)c4ccccc45)c3)c3ccc4cc(-c5ccccc5)ccc4c3)c21. The predicted octanol–water partition coefficient (Wildman–Crippen LogP) is 18.6. The van der Waals surface area contributed by atoms with E-state index in [0.717, 1.165) is 22.6 Å². The minimum absolute atomic E-state index is 0.410. The number of anilines is 3. The van der Waals surface area contributed by atoms with Crippen LogP contribution in [0.4, 0.5) is 17.1 Å². The van der Waals surface area contributed by atoms with Crippen molar-refractivity contribution in [1.82, 2.24) is 0 Å². The van der Waals surface area contributed by atoms with E-state index in [1.165, 1.54) is 99.1 Å². The fraction of sp³-hybridized carbons (Fsp3) is 0.0294. The Morgan fingerprint density at radius 3 is 1.57 bits per heavy atom. The standard InChI is InChI=1S/C68H47N/c1-68(54-27-12-5-13-28-54)63-34-17-16-31-59(63)61-33-19-35-64(67(61)68)69(56-40-38-51-42-50(36-37-52(51)44-56)46-20-6-2-7-21-46)55-29-18-26-49(43-55)53-39-41-58-57-30-14-15-32-60(57)65(47-22-8-3-9-23-47)66(62(58)45-53)48-24-10-4-11-25-48/h2-45H,1H3. The number of rotatable bonds is 8. The van der Waals surface area contributed by atoms with Gasteiger partial charge in [-0.1, -0.05) is 224 Å². The van der Waals surface area contributed by atoms with E-state index in [4.69, 9.17) is 0 Å². The molecule has 324 valence electrons. The van der Waals surface area contributed by atoms with E-state index in [1.54, 1.807) is 0 Å². The number of fused-ring (bicyclic) bond motifs is 7. The second-order valence-electron chi connectivity index (χ2n) is 18.5. The van der Waals surface area contributed by atoms with Crippen LogP contribution in [-0.4, -0.2) is 0 Å². The predicted molar refractivity (Wildman–Crippen MR) is 293 cm³/mol. The Morgan fingerprint density at radius 2 is 0.812 bits per heavy atom. The summed E-state index contributed by atoms with van der Waals surface area (Å²) in [6, 6.07) is 98.5. The van der Waals surface area contributed by atoms with Gasteiger partial charge in [-0.25, -0.2) is 0 Å². The lowest BCUT2D eigenvalue weighted by Gasteiger charge is -2.35. The Morgan fingerprint density at radius 1 is 0.304 bits per heavy atom. The van der Waals surface area contributed by atoms with Gasteiger partial charge in [0.05, 0.1) is 5.69 Å². The molecule has 0 saturated carbocycles. The van der Waals surface area contributed by atoms with Gasteiger partial charge in [0, 0.05) is 16.8 Å². The van der Waals surface area contributed by atoms with E-state index >= 15 is 0 Å². The molecule has 0 spiro atoms. The molecule has 0 aliphatic heterocycles. The Hall–Kier alpha value is -8.78. The van der Waals surface area contributed by atoms with Crippen LogP contribution in [0.5, 0.6) is 0 Å². The molecule has 0 saturated heterocycles. The highest BCUT2D eigenvalue weighted by molar-refractivity contribution is 6.22. The highest BCUT2D eigenvalue weighted by atomic mass is 15.1. The van der Waals surface area contributed by atoms with Crippen LogP contribution < -0.4 is 4.90 Å². The summed E-state index contributed by atoms with van der Waals surface area (Å²) in [5.74, 6) is 0. The molecule has 69 heavy (non-hydrogen) atoms. The van der Waals surface area contributed by atoms with Crippen molar-refractivity contribution in [3.8, 4) is 55.6 Å². The summed E-state index contributed by atoms with van der Waals surface area (Å²) < 4.78 is 0. The number of nitrogens with zero attached hydrogens (tertiary/aromatic N) is 1. The summed E-state index contributed by atoms with van der Waals surface area (Å²) in [6.45, 7) is 2.42. The second kappa shape index (κ2) is 16.5. The molecule has 1 nitrogen and oxygen atoms in total. The zero-order chi connectivity index (χ0) is 45.9. The highest BCUT2D eigenvalue weighted by Crippen LogP contribution is 2.57. The zero-order valence-electron chi connectivity index (χ0n) is 38.4. The van der Waals surface area contributed by atoms with E-state index in [9.17, 15) is 0 Å². The first-order valence-electron chi connectivity index (χ1n) is 24.0. The van der Waals surface area contributed by atoms with Crippen molar-refractivity contribution in [2.45, 2.75) is 12.3 Å². The Kier molecular flexibility index (Phi) is 9.70. The molecule has 0 fully saturated rings. The topological polar surface area (TPSA) is 3.24 Å². The molecular weight excluding hydrogens is 831 g/mol. The van der Waals surface area contributed by atoms with E-state index in [-0.39, 0.29) is 0 Å². The fourth-order valence-corrected chi connectivity index (χ4v) is 11.5. The number of hydrogen-bond donors (Lipinski definition) is 0. The lowest BCUT2D eigenvalue weighted by atomic mass is 9.73. The maximum atomic E-state index is 2.51. The van der Waals surface area contributed by atoms with Gasteiger partial charge in [-0.3, -0.25) is 0 Å². The van der Waals surface area contributed by atoms with Gasteiger partial charge in [-0.2, -0.15) is 0 Å². The molecular formula is C68H47N. The van der Waals surface area contributed by atoms with Gasteiger partial charge in [0.2, 0.25) is 0 Å². The van der Waals surface area contributed by atoms with E-state index in [0.29, 0.717) is 0 Å². The average molecular weight is 878 g/mol. The lowest BCUT2D eigenvalue weighted by Crippen LogP contribution is -2.25. The summed E-state index contributed by atoms with van der Waals surface area (Å²) >= 11 is 0. The molecule has 1 aliphatic rings. The van der Waals surface area contributed by atoms with Gasteiger partial charge in [0.15, 0.2) is 0 Å². The van der Waals surface area contributed by atoms with Gasteiger partial charge >= 0.3 is 0 Å². The molecule has 1 atom stereocenters. The van der Waals surface area contributed by atoms with E-state index in [2.05, 4.69) is 279 Å². The smallest absolute Gasteiger partial charge is 0.0512 e. The van der Waals surface area contributed by atoms with Gasteiger partial charge in [0.25, 0.3) is 0 Å². The van der Waals surface area contributed by atoms with Crippen LogP contribution in [0.15, 0.2) is 267 Å². The van der Waals surface area contributed by atoms with Crippen LogP contribution in [0.1, 0.15) is 23.6 Å². The molecule has 1 heteroatoms. The fourth-order valence-electron chi connectivity index (χ4n) is 11.5. The summed E-state index contributed by atoms with van der Waals surface area (Å²) in [6.07, 6.45) is 0. The zero-order valence-corrected chi connectivity index (χ0v) is 38.4. The molecule has 12 aromatic rings. The van der Waals surface area contributed by atoms with Crippen molar-refractivity contribution >= 4 is 49.4 Å². The Balaban J connectivity index is 1.04. The van der Waals surface area contributed by atoms with Crippen molar-refractivity contribution in [2.75, 3.05) is 4.90 Å². The van der Waals surface area contributed by atoms with Crippen molar-refractivity contribution in [2.24, 2.45) is 0 Å². The third-order valence-corrected chi connectivity index (χ3v) is 14.7. The van der Waals surface area contributed by atoms with Crippen molar-refractivity contribution in [3.05, 3.63) is 284 Å². The van der Waals surface area contributed by atoms with Gasteiger partial charge in [-0.15, -0.1) is 0 Å². The third-order valence-electron chi connectivity index (χ3n) is 14.7. The molecule has 1 aliphatic carbocycles. The number of hydrogen-bond acceptors (Lipinski definition) is 1. The van der Waals surface area contributed by atoms with Crippen LogP contribution in [0.3, 0.4) is 0 Å². The first-order chi connectivity index (χ1) is 34.1. The molecule has 13 rings (SSSR count). The Labute approximate surface area is 403 Å². The molecule has 0 amide bonds. The minimum Gasteiger partial charge on any atom is -0.310 e. The maximum Gasteiger partial charge on any atom is 0.0512 e. The average Bonchev–Trinajstić information content (AvgIpc) is 3.70. The van der Waals surface area contributed by atoms with Gasteiger partial charge in [0.1, 0.15) is 0 Å². The van der Waals surface area contributed by atoms with Crippen LogP contribution >= 0.6 is 0 Å². The summed E-state index contributed by atoms with van der Waals surface area (Å²) in [5.41, 5.74) is 19.1. The molecule has 0 radical (unpaired) electrons. The summed E-state index contributed by atoms with van der Waals surface area (Å²) in [5, 5.41) is 7.40. The second-order valence-corrected chi connectivity index (χ2v) is 18.5. The molecule has 0 bridgehead atoms. The molecule has 1 unspecified atom stereocenters. The minimum atomic E-state index is -0.410. The summed E-state index contributed by atoms with van der Waals surface area (Å²) in [4.78, 5) is 2.51. The lowest BCUT2D eigenvalue weighted by molar-refractivity contribution is 0.714. The molecule has 12 aromatic carbocycles. The van der Waals surface area contributed by atoms with Gasteiger partial charge < -0.3 is 4.90 Å². The maximum absolute atomic E-state index is 2.51. The first kappa shape index (κ1) is 40.5. The van der Waals surface area contributed by atoms with Crippen molar-refractivity contribution < 1.29 is 0 Å². The molecule has 0 heterocycles. The highest BCUT2D eigenvalue weighted by Gasteiger charge is 2.43. The quantitative estimate of drug-likeness (QED) is 0.138. The van der Waals surface area contributed by atoms with Gasteiger partial charge in [-0.05, 0) is 154 Å². The third kappa shape index (κ3) is 6.69. The first-order valence-corrected chi connectivity index (χ1v) is 24.0. The monoisotopic (exact) mass is 877 g/mol. The molecule has 0 N–H and O–H groups in total. The number of benzene rings is 12. The van der Waals surface area contributed by atoms with Crippen molar-refractivity contribution in [1.29, 1.82) is 0 Å². The molecule has 0 aromatic heterocycles. The summed E-state index contributed by atoms with van der Waals surface area (Å²) in [7, 11) is 0. The van der Waals surface area contributed by atoms with Crippen LogP contribution in [-0.2, 0) is 5.41 Å². The van der Waals surface area contributed by atoms with Crippen LogP contribution in [0.2, 0.25) is 0 Å².